The SMILES string of the molecule is CC.CCCOCC1=CCc2ccccc2C=C1. The highest BCUT2D eigenvalue weighted by Gasteiger charge is 2.02. The third-order valence-electron chi connectivity index (χ3n) is 2.73. The Hall–Kier alpha value is -1.34. The normalized spacial score (nSPS) is 12.9. The first-order chi connectivity index (χ1) is 8.90. The molecule has 2 rings (SSSR count). The maximum Gasteiger partial charge on any atom is 0.0713 e. The van der Waals surface area contributed by atoms with Gasteiger partial charge in [0.1, 0.15) is 0 Å². The van der Waals surface area contributed by atoms with Crippen LogP contribution in [-0.2, 0) is 11.2 Å². The van der Waals surface area contributed by atoms with Crippen LogP contribution in [0.4, 0.5) is 0 Å². The number of allylic oxidation sites excluding steroid dienone is 1. The lowest BCUT2D eigenvalue weighted by molar-refractivity contribution is 0.158. The average Bonchev–Trinajstić information content (AvgIpc) is 2.64. The zero-order valence-electron chi connectivity index (χ0n) is 11.8. The minimum atomic E-state index is 0.734. The summed E-state index contributed by atoms with van der Waals surface area (Å²) in [5, 5.41) is 0. The van der Waals surface area contributed by atoms with Crippen molar-refractivity contribution in [2.24, 2.45) is 0 Å². The summed E-state index contributed by atoms with van der Waals surface area (Å²) >= 11 is 0. The summed E-state index contributed by atoms with van der Waals surface area (Å²) in [5.41, 5.74) is 4.00. The third kappa shape index (κ3) is 4.50. The molecule has 0 aliphatic heterocycles. The Morgan fingerprint density at radius 1 is 1.11 bits per heavy atom. The summed E-state index contributed by atoms with van der Waals surface area (Å²) in [7, 11) is 0. The van der Waals surface area contributed by atoms with Crippen molar-refractivity contribution in [3.05, 3.63) is 53.1 Å². The van der Waals surface area contributed by atoms with Gasteiger partial charge in [0.25, 0.3) is 0 Å². The smallest absolute Gasteiger partial charge is 0.0713 e. The van der Waals surface area contributed by atoms with E-state index < -0.39 is 0 Å². The predicted molar refractivity (Wildman–Crippen MR) is 79.7 cm³/mol. The molecule has 0 bridgehead atoms. The van der Waals surface area contributed by atoms with Gasteiger partial charge in [-0.05, 0) is 29.5 Å². The standard InChI is InChI=1S/C15H18O.C2H6/c1-2-11-16-12-13-7-9-14-5-3-4-6-15(14)10-8-13;1-2/h3-9H,2,10-12H2,1H3;1-2H3. The minimum Gasteiger partial charge on any atom is -0.377 e. The van der Waals surface area contributed by atoms with Crippen LogP contribution in [0.1, 0.15) is 38.3 Å². The third-order valence-corrected chi connectivity index (χ3v) is 2.73. The van der Waals surface area contributed by atoms with Crippen molar-refractivity contribution in [1.29, 1.82) is 0 Å². The van der Waals surface area contributed by atoms with E-state index in [1.165, 1.54) is 16.7 Å². The zero-order valence-corrected chi connectivity index (χ0v) is 11.8. The highest BCUT2D eigenvalue weighted by atomic mass is 16.5. The van der Waals surface area contributed by atoms with Gasteiger partial charge in [-0.15, -0.1) is 0 Å². The van der Waals surface area contributed by atoms with E-state index in [4.69, 9.17) is 4.74 Å². The molecular formula is C17H24O. The van der Waals surface area contributed by atoms with Crippen LogP contribution in [0.5, 0.6) is 0 Å². The Morgan fingerprint density at radius 3 is 2.67 bits per heavy atom. The molecule has 0 heterocycles. The number of rotatable bonds is 4. The van der Waals surface area contributed by atoms with Gasteiger partial charge >= 0.3 is 0 Å². The summed E-state index contributed by atoms with van der Waals surface area (Å²) in [6.45, 7) is 7.71. The van der Waals surface area contributed by atoms with Crippen LogP contribution in [0.3, 0.4) is 0 Å². The molecule has 1 heteroatoms. The number of fused-ring (bicyclic) bond motifs is 1. The Morgan fingerprint density at radius 2 is 1.89 bits per heavy atom. The second-order valence-electron chi connectivity index (χ2n) is 4.07. The molecular weight excluding hydrogens is 220 g/mol. The molecule has 18 heavy (non-hydrogen) atoms. The van der Waals surface area contributed by atoms with Crippen molar-refractivity contribution in [1.82, 2.24) is 0 Å². The molecule has 1 aromatic carbocycles. The Kier molecular flexibility index (Phi) is 7.12. The lowest BCUT2D eigenvalue weighted by Crippen LogP contribution is -1.97. The number of hydrogen-bond donors (Lipinski definition) is 0. The van der Waals surface area contributed by atoms with Crippen LogP contribution in [0.2, 0.25) is 0 Å². The molecule has 0 unspecified atom stereocenters. The van der Waals surface area contributed by atoms with Crippen molar-refractivity contribution in [3.63, 3.8) is 0 Å². The first kappa shape index (κ1) is 14.7. The first-order valence-corrected chi connectivity index (χ1v) is 6.93. The van der Waals surface area contributed by atoms with Crippen LogP contribution in [0.25, 0.3) is 6.08 Å². The van der Waals surface area contributed by atoms with Gasteiger partial charge in [-0.25, -0.2) is 0 Å². The van der Waals surface area contributed by atoms with Crippen molar-refractivity contribution in [2.75, 3.05) is 13.2 Å². The van der Waals surface area contributed by atoms with Gasteiger partial charge in [-0.1, -0.05) is 63.3 Å². The maximum atomic E-state index is 5.56. The molecule has 0 aromatic heterocycles. The monoisotopic (exact) mass is 244 g/mol. The highest BCUT2D eigenvalue weighted by Crippen LogP contribution is 2.17. The van der Waals surface area contributed by atoms with Gasteiger partial charge < -0.3 is 4.74 Å². The van der Waals surface area contributed by atoms with Crippen LogP contribution >= 0.6 is 0 Å². The van der Waals surface area contributed by atoms with Crippen LogP contribution in [-0.4, -0.2) is 13.2 Å². The Labute approximate surface area is 111 Å². The van der Waals surface area contributed by atoms with Crippen molar-refractivity contribution >= 4 is 6.08 Å². The van der Waals surface area contributed by atoms with Gasteiger partial charge in [0.15, 0.2) is 0 Å². The van der Waals surface area contributed by atoms with E-state index in [2.05, 4.69) is 49.4 Å². The Balaban J connectivity index is 0.000000771. The summed E-state index contributed by atoms with van der Waals surface area (Å²) < 4.78 is 5.56. The molecule has 98 valence electrons. The summed E-state index contributed by atoms with van der Waals surface area (Å²) in [6.07, 6.45) is 8.70. The van der Waals surface area contributed by atoms with Gasteiger partial charge in [-0.3, -0.25) is 0 Å². The first-order valence-electron chi connectivity index (χ1n) is 6.93. The van der Waals surface area contributed by atoms with Gasteiger partial charge in [-0.2, -0.15) is 0 Å². The molecule has 1 nitrogen and oxygen atoms in total. The summed E-state index contributed by atoms with van der Waals surface area (Å²) in [4.78, 5) is 0. The van der Waals surface area contributed by atoms with Crippen LogP contribution in [0, 0.1) is 0 Å². The highest BCUT2D eigenvalue weighted by molar-refractivity contribution is 5.59. The Bertz CT molecular complexity index is 402. The molecule has 0 saturated heterocycles. The lowest BCUT2D eigenvalue weighted by Gasteiger charge is -2.02. The molecule has 0 atom stereocenters. The molecule has 0 amide bonds. The lowest BCUT2D eigenvalue weighted by atomic mass is 10.1. The number of ether oxygens (including phenoxy) is 1. The molecule has 0 fully saturated rings. The maximum absolute atomic E-state index is 5.56. The van der Waals surface area contributed by atoms with Crippen molar-refractivity contribution in [2.45, 2.75) is 33.6 Å². The molecule has 0 N–H and O–H groups in total. The zero-order chi connectivity index (χ0) is 13.2. The van der Waals surface area contributed by atoms with E-state index in [9.17, 15) is 0 Å². The van der Waals surface area contributed by atoms with Crippen LogP contribution < -0.4 is 0 Å². The molecule has 0 saturated carbocycles. The van der Waals surface area contributed by atoms with E-state index in [-0.39, 0.29) is 0 Å². The van der Waals surface area contributed by atoms with E-state index in [1.54, 1.807) is 0 Å². The van der Waals surface area contributed by atoms with Crippen molar-refractivity contribution in [3.8, 4) is 0 Å². The quantitative estimate of drug-likeness (QED) is 0.701. The fraction of sp³-hybridized carbons (Fsp3) is 0.412. The second-order valence-corrected chi connectivity index (χ2v) is 4.07. The number of benzene rings is 1. The molecule has 1 aliphatic rings. The fourth-order valence-corrected chi connectivity index (χ4v) is 1.83. The van der Waals surface area contributed by atoms with Gasteiger partial charge in [0.05, 0.1) is 6.61 Å². The molecule has 1 aliphatic carbocycles. The van der Waals surface area contributed by atoms with Crippen molar-refractivity contribution < 1.29 is 4.74 Å². The fourth-order valence-electron chi connectivity index (χ4n) is 1.83. The molecule has 0 radical (unpaired) electrons. The largest absolute Gasteiger partial charge is 0.377 e. The van der Waals surface area contributed by atoms with Crippen LogP contribution in [0.15, 0.2) is 42.0 Å². The van der Waals surface area contributed by atoms with E-state index >= 15 is 0 Å². The minimum absolute atomic E-state index is 0.734. The predicted octanol–water partition coefficient (Wildman–Crippen LogP) is 4.64. The topological polar surface area (TPSA) is 9.23 Å². The average molecular weight is 244 g/mol. The summed E-state index contributed by atoms with van der Waals surface area (Å²) in [5.74, 6) is 0. The van der Waals surface area contributed by atoms with Gasteiger partial charge in [0.2, 0.25) is 0 Å². The van der Waals surface area contributed by atoms with E-state index in [1.807, 2.05) is 13.8 Å². The number of hydrogen-bond acceptors (Lipinski definition) is 1. The second kappa shape index (κ2) is 8.71. The van der Waals surface area contributed by atoms with E-state index in [0.29, 0.717) is 0 Å². The molecule has 0 spiro atoms. The van der Waals surface area contributed by atoms with E-state index in [0.717, 1.165) is 26.1 Å². The van der Waals surface area contributed by atoms with Gasteiger partial charge in [0, 0.05) is 6.61 Å². The molecule has 1 aromatic rings. The summed E-state index contributed by atoms with van der Waals surface area (Å²) in [6, 6.07) is 8.53.